The van der Waals surface area contributed by atoms with Gasteiger partial charge in [0, 0.05) is 22.8 Å². The van der Waals surface area contributed by atoms with Crippen LogP contribution in [0.3, 0.4) is 0 Å². The Morgan fingerprint density at radius 3 is 2.38 bits per heavy atom. The van der Waals surface area contributed by atoms with Gasteiger partial charge in [0.25, 0.3) is 5.89 Å². The van der Waals surface area contributed by atoms with E-state index in [-0.39, 0.29) is 6.04 Å². The van der Waals surface area contributed by atoms with Gasteiger partial charge in [-0.2, -0.15) is 4.98 Å². The van der Waals surface area contributed by atoms with Gasteiger partial charge in [-0.25, -0.2) is 0 Å². The monoisotopic (exact) mass is 486 g/mol. The lowest BCUT2D eigenvalue weighted by atomic mass is 9.94. The standard InChI is InChI=1S/C27H23ClN4OS/c1-17-8-10-20(11-9-17)24-23(26-30-25(31-33-26)21-12-14-22(28)15-13-21)18(2)32(27(34)29-24)16-19-6-4-3-5-7-19/h3-15,24H,16H2,1-2H3,(H,29,34). The van der Waals surface area contributed by atoms with Crippen LogP contribution in [0.15, 0.2) is 89.1 Å². The van der Waals surface area contributed by atoms with E-state index in [9.17, 15) is 0 Å². The summed E-state index contributed by atoms with van der Waals surface area (Å²) in [5, 5.41) is 9.09. The Kier molecular flexibility index (Phi) is 6.18. The molecule has 170 valence electrons. The number of nitrogens with one attached hydrogen (secondary N) is 1. The lowest BCUT2D eigenvalue weighted by Crippen LogP contribution is -2.45. The highest BCUT2D eigenvalue weighted by Crippen LogP contribution is 2.38. The lowest BCUT2D eigenvalue weighted by molar-refractivity contribution is 0.396. The van der Waals surface area contributed by atoms with Crippen molar-refractivity contribution in [2.75, 3.05) is 0 Å². The van der Waals surface area contributed by atoms with Crippen molar-refractivity contribution < 1.29 is 4.52 Å². The van der Waals surface area contributed by atoms with Gasteiger partial charge in [-0.3, -0.25) is 0 Å². The number of halogens is 1. The quantitative estimate of drug-likeness (QED) is 0.322. The average Bonchev–Trinajstić information content (AvgIpc) is 3.33. The summed E-state index contributed by atoms with van der Waals surface area (Å²) in [6.45, 7) is 4.77. The van der Waals surface area contributed by atoms with E-state index in [4.69, 9.17) is 33.3 Å². The summed E-state index contributed by atoms with van der Waals surface area (Å²) in [7, 11) is 0. The molecule has 1 atom stereocenters. The maximum absolute atomic E-state index is 6.04. The molecule has 34 heavy (non-hydrogen) atoms. The molecule has 0 spiro atoms. The fourth-order valence-corrected chi connectivity index (χ4v) is 4.52. The van der Waals surface area contributed by atoms with Crippen molar-refractivity contribution in [3.05, 3.63) is 112 Å². The van der Waals surface area contributed by atoms with Crippen molar-refractivity contribution in [1.82, 2.24) is 20.4 Å². The highest BCUT2D eigenvalue weighted by atomic mass is 35.5. The topological polar surface area (TPSA) is 54.2 Å². The highest BCUT2D eigenvalue weighted by molar-refractivity contribution is 7.80. The second-order valence-corrected chi connectivity index (χ2v) is 9.12. The summed E-state index contributed by atoms with van der Waals surface area (Å²) in [6, 6.07) is 25.8. The number of thiocarbonyl (C=S) groups is 1. The van der Waals surface area contributed by atoms with Gasteiger partial charge in [0.15, 0.2) is 5.11 Å². The van der Waals surface area contributed by atoms with Gasteiger partial charge in [0.2, 0.25) is 5.82 Å². The van der Waals surface area contributed by atoms with Crippen LogP contribution in [-0.2, 0) is 6.54 Å². The predicted molar refractivity (Wildman–Crippen MR) is 139 cm³/mol. The molecular weight excluding hydrogens is 464 g/mol. The zero-order valence-corrected chi connectivity index (χ0v) is 20.4. The van der Waals surface area contributed by atoms with Gasteiger partial charge in [0.05, 0.1) is 11.6 Å². The van der Waals surface area contributed by atoms with Gasteiger partial charge in [-0.05, 0) is 61.5 Å². The Hall–Kier alpha value is -3.48. The third kappa shape index (κ3) is 4.47. The minimum absolute atomic E-state index is 0.210. The fraction of sp³-hybridized carbons (Fsp3) is 0.148. The largest absolute Gasteiger partial charge is 0.351 e. The molecule has 5 rings (SSSR count). The van der Waals surface area contributed by atoms with E-state index in [2.05, 4.69) is 65.6 Å². The number of allylic oxidation sites excluding steroid dienone is 1. The summed E-state index contributed by atoms with van der Waals surface area (Å²) >= 11 is 11.8. The summed E-state index contributed by atoms with van der Waals surface area (Å²) in [4.78, 5) is 6.84. The van der Waals surface area contributed by atoms with Crippen LogP contribution in [0, 0.1) is 6.92 Å². The van der Waals surface area contributed by atoms with Crippen LogP contribution in [0.25, 0.3) is 17.0 Å². The first-order valence-electron chi connectivity index (χ1n) is 11.0. The maximum Gasteiger partial charge on any atom is 0.258 e. The van der Waals surface area contributed by atoms with Gasteiger partial charge >= 0.3 is 0 Å². The SMILES string of the molecule is CC1=C(c2nc(-c3ccc(Cl)cc3)no2)C(c2ccc(C)cc2)NC(=S)N1Cc1ccccc1. The minimum Gasteiger partial charge on any atom is -0.351 e. The molecule has 0 aliphatic carbocycles. The molecule has 0 fully saturated rings. The third-order valence-corrected chi connectivity index (χ3v) is 6.54. The van der Waals surface area contributed by atoms with Crippen LogP contribution in [0.4, 0.5) is 0 Å². The molecule has 0 saturated carbocycles. The van der Waals surface area contributed by atoms with Gasteiger partial charge in [0.1, 0.15) is 0 Å². The normalized spacial score (nSPS) is 16.0. The molecule has 0 bridgehead atoms. The zero-order valence-electron chi connectivity index (χ0n) is 18.8. The molecule has 1 unspecified atom stereocenters. The summed E-state index contributed by atoms with van der Waals surface area (Å²) in [6.07, 6.45) is 0. The van der Waals surface area contributed by atoms with Gasteiger partial charge < -0.3 is 14.7 Å². The predicted octanol–water partition coefficient (Wildman–Crippen LogP) is 6.56. The molecular formula is C27H23ClN4OS. The van der Waals surface area contributed by atoms with Crippen LogP contribution >= 0.6 is 23.8 Å². The van der Waals surface area contributed by atoms with E-state index >= 15 is 0 Å². The number of nitrogens with zero attached hydrogens (tertiary/aromatic N) is 3. The Morgan fingerprint density at radius 1 is 0.971 bits per heavy atom. The Labute approximate surface area is 209 Å². The third-order valence-electron chi connectivity index (χ3n) is 5.95. The molecule has 5 nitrogen and oxygen atoms in total. The van der Waals surface area contributed by atoms with Crippen molar-refractivity contribution >= 4 is 34.5 Å². The summed E-state index contributed by atoms with van der Waals surface area (Å²) < 4.78 is 5.81. The van der Waals surface area contributed by atoms with E-state index in [0.717, 1.165) is 28.0 Å². The van der Waals surface area contributed by atoms with Crippen LogP contribution in [0.2, 0.25) is 5.02 Å². The number of hydrogen-bond donors (Lipinski definition) is 1. The van der Waals surface area contributed by atoms with Gasteiger partial charge in [-0.15, -0.1) is 0 Å². The van der Waals surface area contributed by atoms with Crippen LogP contribution in [0.1, 0.15) is 35.5 Å². The van der Waals surface area contributed by atoms with Crippen LogP contribution in [0.5, 0.6) is 0 Å². The average molecular weight is 487 g/mol. The second kappa shape index (κ2) is 9.41. The molecule has 1 aromatic heterocycles. The number of benzene rings is 3. The maximum atomic E-state index is 6.04. The molecule has 0 saturated heterocycles. The van der Waals surface area contributed by atoms with E-state index in [1.807, 2.05) is 42.5 Å². The van der Waals surface area contributed by atoms with E-state index in [1.165, 1.54) is 5.56 Å². The Balaban J connectivity index is 1.59. The highest BCUT2D eigenvalue weighted by Gasteiger charge is 2.34. The van der Waals surface area contributed by atoms with E-state index in [1.54, 1.807) is 0 Å². The minimum atomic E-state index is -0.210. The molecule has 1 N–H and O–H groups in total. The van der Waals surface area contributed by atoms with Gasteiger partial charge in [-0.1, -0.05) is 76.9 Å². The first kappa shape index (κ1) is 22.3. The van der Waals surface area contributed by atoms with Crippen molar-refractivity contribution in [3.63, 3.8) is 0 Å². The summed E-state index contributed by atoms with van der Waals surface area (Å²) in [5.41, 5.74) is 6.15. The number of aromatic nitrogens is 2. The fourth-order valence-electron chi connectivity index (χ4n) is 4.07. The molecule has 0 radical (unpaired) electrons. The zero-order chi connectivity index (χ0) is 23.7. The molecule has 7 heteroatoms. The number of rotatable bonds is 5. The number of aryl methyl sites for hydroxylation is 1. The molecule has 1 aliphatic rings. The van der Waals surface area contributed by atoms with Crippen molar-refractivity contribution in [3.8, 4) is 11.4 Å². The van der Waals surface area contributed by atoms with E-state index in [0.29, 0.717) is 28.4 Å². The lowest BCUT2D eigenvalue weighted by Gasteiger charge is -2.37. The van der Waals surface area contributed by atoms with Crippen LogP contribution in [-0.4, -0.2) is 20.2 Å². The molecule has 1 aliphatic heterocycles. The first-order valence-corrected chi connectivity index (χ1v) is 11.8. The Bertz CT molecular complexity index is 1350. The summed E-state index contributed by atoms with van der Waals surface area (Å²) in [5.74, 6) is 0.971. The Morgan fingerprint density at radius 2 is 1.68 bits per heavy atom. The van der Waals surface area contributed by atoms with Crippen molar-refractivity contribution in [2.45, 2.75) is 26.4 Å². The van der Waals surface area contributed by atoms with Crippen molar-refractivity contribution in [1.29, 1.82) is 0 Å². The smallest absolute Gasteiger partial charge is 0.258 e. The molecule has 3 aromatic carbocycles. The molecule has 0 amide bonds. The first-order chi connectivity index (χ1) is 16.5. The second-order valence-electron chi connectivity index (χ2n) is 8.29. The molecule has 2 heterocycles. The molecule has 4 aromatic rings. The number of hydrogen-bond acceptors (Lipinski definition) is 4. The van der Waals surface area contributed by atoms with E-state index < -0.39 is 0 Å². The van der Waals surface area contributed by atoms with Crippen LogP contribution < -0.4 is 5.32 Å². The van der Waals surface area contributed by atoms with Crippen molar-refractivity contribution in [2.24, 2.45) is 0 Å².